The minimum Gasteiger partial charge on any atom is -0.353 e. The molecule has 33 heavy (non-hydrogen) atoms. The van der Waals surface area contributed by atoms with Crippen LogP contribution in [0.3, 0.4) is 0 Å². The number of sulfone groups is 1. The van der Waals surface area contributed by atoms with E-state index in [1.165, 1.54) is 0 Å². The monoisotopic (exact) mass is 484 g/mol. The van der Waals surface area contributed by atoms with Crippen LogP contribution in [0.15, 0.2) is 24.4 Å². The second-order valence-corrected chi connectivity index (χ2v) is 10.3. The van der Waals surface area contributed by atoms with Gasteiger partial charge in [-0.15, -0.1) is 0 Å². The van der Waals surface area contributed by atoms with Gasteiger partial charge in [-0.25, -0.2) is 13.4 Å². The Morgan fingerprint density at radius 1 is 1.27 bits per heavy atom. The van der Waals surface area contributed by atoms with Gasteiger partial charge >= 0.3 is 6.18 Å². The van der Waals surface area contributed by atoms with E-state index in [4.69, 9.17) is 0 Å². The molecule has 1 amide bonds. The second-order valence-electron chi connectivity index (χ2n) is 8.14. The molecule has 0 spiro atoms. The molecule has 2 aromatic rings. The molecule has 2 unspecified atom stereocenters. The molecule has 0 saturated carbocycles. The number of nitrogens with zero attached hydrogens (tertiary/aromatic N) is 2. The highest BCUT2D eigenvalue weighted by atomic mass is 32.2. The highest BCUT2D eigenvalue weighted by molar-refractivity contribution is 7.91. The number of aromatic nitrogens is 2. The number of hydrogen-bond donors (Lipinski definition) is 4. The van der Waals surface area contributed by atoms with E-state index in [-0.39, 0.29) is 18.3 Å². The number of piperidine rings is 1. The Hall–Kier alpha value is -2.93. The van der Waals surface area contributed by atoms with Gasteiger partial charge in [0.1, 0.15) is 16.8 Å². The van der Waals surface area contributed by atoms with Gasteiger partial charge in [-0.2, -0.15) is 18.2 Å². The van der Waals surface area contributed by atoms with E-state index in [2.05, 4.69) is 31.2 Å². The Labute approximate surface area is 188 Å². The molecule has 2 aliphatic heterocycles. The van der Waals surface area contributed by atoms with Gasteiger partial charge in [0.25, 0.3) is 0 Å². The minimum atomic E-state index is -4.80. The van der Waals surface area contributed by atoms with Gasteiger partial charge in [-0.05, 0) is 31.0 Å². The molecule has 1 aromatic heterocycles. The van der Waals surface area contributed by atoms with Crippen molar-refractivity contribution < 1.29 is 26.4 Å². The lowest BCUT2D eigenvalue weighted by atomic mass is 9.99. The zero-order valence-electron chi connectivity index (χ0n) is 17.7. The first-order valence-electron chi connectivity index (χ1n) is 10.3. The number of benzene rings is 1. The summed E-state index contributed by atoms with van der Waals surface area (Å²) < 4.78 is 65.9. The van der Waals surface area contributed by atoms with Gasteiger partial charge in [-0.3, -0.25) is 4.79 Å². The molecule has 178 valence electrons. The van der Waals surface area contributed by atoms with Crippen molar-refractivity contribution in [2.24, 2.45) is 5.92 Å². The van der Waals surface area contributed by atoms with Gasteiger partial charge in [0.15, 0.2) is 9.84 Å². The van der Waals surface area contributed by atoms with Crippen LogP contribution < -0.4 is 21.3 Å². The van der Waals surface area contributed by atoms with Crippen LogP contribution in [0.4, 0.5) is 36.3 Å². The maximum atomic E-state index is 13.7. The molecule has 3 heterocycles. The molecule has 1 saturated heterocycles. The van der Waals surface area contributed by atoms with Crippen molar-refractivity contribution in [1.82, 2.24) is 15.3 Å². The molecule has 4 rings (SSSR count). The predicted octanol–water partition coefficient (Wildman–Crippen LogP) is 2.52. The molecule has 2 aliphatic rings. The molecule has 0 radical (unpaired) electrons. The van der Waals surface area contributed by atoms with Crippen molar-refractivity contribution in [1.29, 1.82) is 0 Å². The molecule has 1 aromatic carbocycles. The molecular weight excluding hydrogens is 461 g/mol. The fourth-order valence-corrected chi connectivity index (χ4v) is 5.34. The van der Waals surface area contributed by atoms with Gasteiger partial charge in [-0.1, -0.05) is 12.1 Å². The van der Waals surface area contributed by atoms with Crippen molar-refractivity contribution >= 4 is 38.9 Å². The summed E-state index contributed by atoms with van der Waals surface area (Å²) >= 11 is 0. The van der Waals surface area contributed by atoms with Crippen LogP contribution in [-0.2, 0) is 27.2 Å². The number of para-hydroxylation sites is 1. The van der Waals surface area contributed by atoms with Crippen LogP contribution in [0.5, 0.6) is 0 Å². The number of carbonyl (C=O) groups excluding carboxylic acids is 1. The van der Waals surface area contributed by atoms with Crippen LogP contribution in [-0.4, -0.2) is 49.0 Å². The van der Waals surface area contributed by atoms with E-state index in [0.717, 1.165) is 18.4 Å². The molecule has 4 N–H and O–H groups in total. The molecule has 13 heteroatoms. The number of hydrogen-bond acceptors (Lipinski definition) is 8. The largest absolute Gasteiger partial charge is 0.421 e. The molecule has 9 nitrogen and oxygen atoms in total. The van der Waals surface area contributed by atoms with E-state index in [9.17, 15) is 26.4 Å². The first-order valence-corrected chi connectivity index (χ1v) is 12.3. The number of carbonyl (C=O) groups is 1. The van der Waals surface area contributed by atoms with Crippen LogP contribution in [0, 0.1) is 5.92 Å². The summed E-state index contributed by atoms with van der Waals surface area (Å²) in [6.45, 7) is 1.08. The lowest BCUT2D eigenvalue weighted by molar-refractivity contribution is -0.137. The summed E-state index contributed by atoms with van der Waals surface area (Å²) in [4.78, 5) is 19.5. The number of rotatable bonds is 6. The van der Waals surface area contributed by atoms with Gasteiger partial charge in [0.2, 0.25) is 11.9 Å². The topological polar surface area (TPSA) is 125 Å². The molecule has 0 bridgehead atoms. The quantitative estimate of drug-likeness (QED) is 0.493. The summed E-state index contributed by atoms with van der Waals surface area (Å²) in [5, 5.41) is 9.89. The Kier molecular flexibility index (Phi) is 6.18. The summed E-state index contributed by atoms with van der Waals surface area (Å²) in [5.41, 5.74) is 0.484. The van der Waals surface area contributed by atoms with Crippen LogP contribution in [0.2, 0.25) is 0 Å². The van der Waals surface area contributed by atoms with Crippen molar-refractivity contribution in [3.8, 4) is 0 Å². The fraction of sp³-hybridized carbons (Fsp3) is 0.450. The number of anilines is 4. The maximum Gasteiger partial charge on any atom is 0.421 e. The van der Waals surface area contributed by atoms with Crippen LogP contribution >= 0.6 is 0 Å². The van der Waals surface area contributed by atoms with Crippen LogP contribution in [0.25, 0.3) is 0 Å². The third kappa shape index (κ3) is 5.19. The first kappa shape index (κ1) is 23.2. The Bertz CT molecular complexity index is 1170. The lowest BCUT2D eigenvalue weighted by Crippen LogP contribution is -2.44. The Morgan fingerprint density at radius 3 is 2.73 bits per heavy atom. The van der Waals surface area contributed by atoms with Crippen molar-refractivity contribution in [3.05, 3.63) is 35.5 Å². The number of fused-ring (bicyclic) bond motifs is 1. The average molecular weight is 485 g/mol. The number of nitrogens with one attached hydrogen (secondary N) is 4. The van der Waals surface area contributed by atoms with E-state index < -0.39 is 38.7 Å². The van der Waals surface area contributed by atoms with E-state index in [0.29, 0.717) is 37.0 Å². The minimum absolute atomic E-state index is 0.172. The zero-order chi connectivity index (χ0) is 23.8. The Balaban J connectivity index is 1.69. The zero-order valence-corrected chi connectivity index (χ0v) is 18.5. The van der Waals surface area contributed by atoms with E-state index in [1.54, 1.807) is 18.2 Å². The summed E-state index contributed by atoms with van der Waals surface area (Å²) in [6.07, 6.45) is -1.75. The first-order chi connectivity index (χ1) is 15.5. The maximum absolute atomic E-state index is 13.7. The van der Waals surface area contributed by atoms with Crippen molar-refractivity contribution in [2.75, 3.05) is 35.3 Å². The van der Waals surface area contributed by atoms with Crippen molar-refractivity contribution in [3.63, 3.8) is 0 Å². The Morgan fingerprint density at radius 2 is 2.06 bits per heavy atom. The van der Waals surface area contributed by atoms with Crippen LogP contribution in [0.1, 0.15) is 24.0 Å². The third-order valence-electron chi connectivity index (χ3n) is 5.61. The smallest absolute Gasteiger partial charge is 0.353 e. The molecule has 1 fully saturated rings. The number of halogens is 3. The summed E-state index contributed by atoms with van der Waals surface area (Å²) in [5.74, 6) is -1.42. The average Bonchev–Trinajstić information content (AvgIpc) is 3.12. The highest BCUT2D eigenvalue weighted by Crippen LogP contribution is 2.37. The van der Waals surface area contributed by atoms with Crippen molar-refractivity contribution in [2.45, 2.75) is 30.8 Å². The molecule has 2 atom stereocenters. The van der Waals surface area contributed by atoms with Gasteiger partial charge in [0.05, 0.1) is 17.8 Å². The van der Waals surface area contributed by atoms with E-state index in [1.807, 2.05) is 0 Å². The standard InChI is InChI=1S/C20H23F3N6O3S/c1-33(31,32)18(12-5-3-7-24-9-12)28-17-13(20(21,22)23)10-25-19(29-17)26-14-6-2-4-11-8-15(30)27-16(11)14/h2,4,6,10,12,18,24H,3,5,7-9H2,1H3,(H,27,30)(H2,25,26,28,29). The predicted molar refractivity (Wildman–Crippen MR) is 117 cm³/mol. The molecule has 0 aliphatic carbocycles. The third-order valence-corrected chi connectivity index (χ3v) is 7.04. The van der Waals surface area contributed by atoms with E-state index >= 15 is 0 Å². The SMILES string of the molecule is CS(=O)(=O)C(Nc1nc(Nc2cccc3c2NC(=O)C3)ncc1C(F)(F)F)C1CCCNC1. The summed E-state index contributed by atoms with van der Waals surface area (Å²) in [7, 11) is -3.76. The highest BCUT2D eigenvalue weighted by Gasteiger charge is 2.38. The summed E-state index contributed by atoms with van der Waals surface area (Å²) in [6, 6.07) is 5.08. The van der Waals surface area contributed by atoms with Gasteiger partial charge < -0.3 is 21.3 Å². The lowest BCUT2D eigenvalue weighted by Gasteiger charge is -2.31. The number of alkyl halides is 3. The fourth-order valence-electron chi connectivity index (χ4n) is 4.08. The normalized spacial score (nSPS) is 19.5. The molecular formula is C20H23F3N6O3S. The second kappa shape index (κ2) is 8.78. The number of amides is 1. The van der Waals surface area contributed by atoms with Gasteiger partial charge in [0, 0.05) is 24.9 Å².